The molecule has 39 heavy (non-hydrogen) atoms. The Morgan fingerprint density at radius 3 is 1.26 bits per heavy atom. The molecular weight excluding hydrogens is 544 g/mol. The molecule has 0 saturated carbocycles. The van der Waals surface area contributed by atoms with Gasteiger partial charge in [0.25, 0.3) is 20.0 Å². The molecule has 2 N–H and O–H groups in total. The van der Waals surface area contributed by atoms with E-state index in [1.807, 2.05) is 0 Å². The summed E-state index contributed by atoms with van der Waals surface area (Å²) in [5.74, 6) is 2.34. The lowest BCUT2D eigenvalue weighted by atomic mass is 10.2. The fourth-order valence-electron chi connectivity index (χ4n) is 3.46. The molecule has 0 aromatic heterocycles. The quantitative estimate of drug-likeness (QED) is 0.255. The van der Waals surface area contributed by atoms with Crippen molar-refractivity contribution in [2.45, 2.75) is 9.79 Å². The van der Waals surface area contributed by atoms with Crippen LogP contribution in [0.15, 0.2) is 101 Å². The monoisotopic (exact) mass is 570 g/mol. The van der Waals surface area contributed by atoms with Gasteiger partial charge in [0.1, 0.15) is 28.7 Å². The van der Waals surface area contributed by atoms with Gasteiger partial charge in [-0.3, -0.25) is 9.44 Å². The first kappa shape index (κ1) is 27.6. The smallest absolute Gasteiger partial charge is 0.261 e. The third-order valence-corrected chi connectivity index (χ3v) is 8.28. The van der Waals surface area contributed by atoms with E-state index in [-0.39, 0.29) is 26.9 Å². The summed E-state index contributed by atoms with van der Waals surface area (Å²) < 4.78 is 78.7. The molecule has 0 saturated heterocycles. The van der Waals surface area contributed by atoms with Crippen LogP contribution in [0.25, 0.3) is 0 Å². The number of benzene rings is 4. The van der Waals surface area contributed by atoms with Crippen LogP contribution in [0.2, 0.25) is 0 Å². The van der Waals surface area contributed by atoms with Gasteiger partial charge < -0.3 is 18.9 Å². The van der Waals surface area contributed by atoms with Gasteiger partial charge in [0.15, 0.2) is 0 Å². The maximum absolute atomic E-state index is 13.2. The van der Waals surface area contributed by atoms with Crippen molar-refractivity contribution in [1.82, 2.24) is 0 Å². The number of rotatable bonds is 11. The molecular formula is C27H26N2O8S2. The van der Waals surface area contributed by atoms with Gasteiger partial charge in [-0.25, -0.2) is 16.8 Å². The van der Waals surface area contributed by atoms with Gasteiger partial charge in [0.2, 0.25) is 0 Å². The van der Waals surface area contributed by atoms with E-state index in [0.29, 0.717) is 23.0 Å². The third-order valence-electron chi connectivity index (χ3n) is 5.51. The summed E-state index contributed by atoms with van der Waals surface area (Å²) in [6.45, 7) is 0. The number of anilines is 2. The molecule has 12 heteroatoms. The molecule has 0 spiro atoms. The van der Waals surface area contributed by atoms with E-state index in [1.165, 1.54) is 80.9 Å². The highest BCUT2D eigenvalue weighted by molar-refractivity contribution is 7.93. The molecule has 0 radical (unpaired) electrons. The normalized spacial score (nSPS) is 11.4. The van der Waals surface area contributed by atoms with E-state index >= 15 is 0 Å². The topological polar surface area (TPSA) is 129 Å². The summed E-state index contributed by atoms with van der Waals surface area (Å²) in [6.07, 6.45) is 0. The Hall–Kier alpha value is -4.42. The molecule has 0 aliphatic carbocycles. The number of hydrogen-bond acceptors (Lipinski definition) is 8. The van der Waals surface area contributed by atoms with Crippen LogP contribution in [-0.2, 0) is 20.0 Å². The first-order valence-corrected chi connectivity index (χ1v) is 14.4. The van der Waals surface area contributed by atoms with Crippen LogP contribution in [0.4, 0.5) is 11.4 Å². The van der Waals surface area contributed by atoms with Crippen molar-refractivity contribution < 1.29 is 35.8 Å². The van der Waals surface area contributed by atoms with Crippen molar-refractivity contribution in [1.29, 1.82) is 0 Å². The third kappa shape index (κ3) is 6.72. The largest absolute Gasteiger partial charge is 0.497 e. The zero-order valence-electron chi connectivity index (χ0n) is 21.2. The van der Waals surface area contributed by atoms with E-state index in [4.69, 9.17) is 18.9 Å². The molecule has 0 amide bonds. The SMILES string of the molecule is COc1ccc(Oc2ccc(NS(=O)(=O)c3ccc(OC)cc3)c(NS(=O)(=O)c3ccc(OC)cc3)c2)cc1. The second-order valence-electron chi connectivity index (χ2n) is 8.05. The molecule has 0 aliphatic rings. The summed E-state index contributed by atoms with van der Waals surface area (Å²) in [5.41, 5.74) is -0.0566. The highest BCUT2D eigenvalue weighted by Gasteiger charge is 2.21. The zero-order chi connectivity index (χ0) is 28.0. The summed E-state index contributed by atoms with van der Waals surface area (Å²) in [5, 5.41) is 0. The molecule has 204 valence electrons. The number of ether oxygens (including phenoxy) is 4. The van der Waals surface area contributed by atoms with Crippen LogP contribution in [-0.4, -0.2) is 38.2 Å². The fourth-order valence-corrected chi connectivity index (χ4v) is 5.61. The number of hydrogen-bond donors (Lipinski definition) is 2. The van der Waals surface area contributed by atoms with Crippen molar-refractivity contribution >= 4 is 31.4 Å². The van der Waals surface area contributed by atoms with Gasteiger partial charge in [-0.05, 0) is 84.9 Å². The van der Waals surface area contributed by atoms with Crippen LogP contribution in [0.1, 0.15) is 0 Å². The van der Waals surface area contributed by atoms with Crippen molar-refractivity contribution in [3.63, 3.8) is 0 Å². The highest BCUT2D eigenvalue weighted by Crippen LogP contribution is 2.34. The van der Waals surface area contributed by atoms with E-state index in [0.717, 1.165) is 0 Å². The maximum atomic E-state index is 13.2. The standard InChI is InChI=1S/C27H26N2O8S2/c1-34-19-4-6-22(7-5-19)37-23-12-17-26(28-38(30,31)24-13-8-20(35-2)9-14-24)27(18-23)29-39(32,33)25-15-10-21(36-3)11-16-25/h4-18,28-29H,1-3H3. The predicted molar refractivity (Wildman–Crippen MR) is 147 cm³/mol. The second kappa shape index (κ2) is 11.5. The lowest BCUT2D eigenvalue weighted by Crippen LogP contribution is -2.17. The number of methoxy groups -OCH3 is 3. The van der Waals surface area contributed by atoms with Crippen molar-refractivity contribution in [3.05, 3.63) is 91.0 Å². The molecule has 0 atom stereocenters. The maximum Gasteiger partial charge on any atom is 0.261 e. The van der Waals surface area contributed by atoms with Crippen LogP contribution in [0, 0.1) is 0 Å². The van der Waals surface area contributed by atoms with Crippen molar-refractivity contribution in [2.24, 2.45) is 0 Å². The van der Waals surface area contributed by atoms with Crippen molar-refractivity contribution in [3.8, 4) is 28.7 Å². The van der Waals surface area contributed by atoms with Crippen LogP contribution in [0.3, 0.4) is 0 Å². The average Bonchev–Trinajstić information content (AvgIpc) is 2.94. The zero-order valence-corrected chi connectivity index (χ0v) is 22.9. The number of sulfonamides is 2. The fraction of sp³-hybridized carbons (Fsp3) is 0.111. The Labute approximate surface area is 227 Å². The van der Waals surface area contributed by atoms with Crippen LogP contribution < -0.4 is 28.4 Å². The predicted octanol–water partition coefficient (Wildman–Crippen LogP) is 5.11. The van der Waals surface area contributed by atoms with E-state index in [2.05, 4.69) is 9.44 Å². The minimum absolute atomic E-state index is 0.00927. The lowest BCUT2D eigenvalue weighted by molar-refractivity contribution is 0.413. The molecule has 0 fully saturated rings. The van der Waals surface area contributed by atoms with Crippen molar-refractivity contribution in [2.75, 3.05) is 30.8 Å². The number of nitrogens with one attached hydrogen (secondary N) is 2. The van der Waals surface area contributed by atoms with E-state index < -0.39 is 20.0 Å². The van der Waals surface area contributed by atoms with Crippen LogP contribution in [0.5, 0.6) is 28.7 Å². The Kier molecular flexibility index (Phi) is 8.17. The van der Waals surface area contributed by atoms with E-state index in [9.17, 15) is 16.8 Å². The lowest BCUT2D eigenvalue weighted by Gasteiger charge is -2.17. The molecule has 0 aliphatic heterocycles. The molecule has 0 unspecified atom stereocenters. The minimum Gasteiger partial charge on any atom is -0.497 e. The van der Waals surface area contributed by atoms with Gasteiger partial charge in [-0.2, -0.15) is 0 Å². The second-order valence-corrected chi connectivity index (χ2v) is 11.4. The summed E-state index contributed by atoms with van der Waals surface area (Å²) in [6, 6.07) is 22.6. The summed E-state index contributed by atoms with van der Waals surface area (Å²) in [7, 11) is -3.71. The first-order chi connectivity index (χ1) is 18.6. The Bertz CT molecular complexity index is 1640. The summed E-state index contributed by atoms with van der Waals surface area (Å²) >= 11 is 0. The first-order valence-electron chi connectivity index (χ1n) is 11.4. The van der Waals surface area contributed by atoms with Crippen LogP contribution >= 0.6 is 0 Å². The highest BCUT2D eigenvalue weighted by atomic mass is 32.2. The molecule has 0 heterocycles. The van der Waals surface area contributed by atoms with Gasteiger partial charge in [-0.1, -0.05) is 0 Å². The molecule has 4 aromatic rings. The Morgan fingerprint density at radius 2 is 0.821 bits per heavy atom. The Morgan fingerprint density at radius 1 is 0.462 bits per heavy atom. The molecule has 0 bridgehead atoms. The minimum atomic E-state index is -4.12. The molecule has 4 rings (SSSR count). The van der Waals surface area contributed by atoms with E-state index in [1.54, 1.807) is 31.4 Å². The summed E-state index contributed by atoms with van der Waals surface area (Å²) in [4.78, 5) is -0.0837. The van der Waals surface area contributed by atoms with Gasteiger partial charge >= 0.3 is 0 Å². The van der Waals surface area contributed by atoms with Gasteiger partial charge in [0, 0.05) is 6.07 Å². The molecule has 4 aromatic carbocycles. The van der Waals surface area contributed by atoms with Gasteiger partial charge in [-0.15, -0.1) is 0 Å². The molecule has 10 nitrogen and oxygen atoms in total. The Balaban J connectivity index is 1.69. The average molecular weight is 571 g/mol. The van der Waals surface area contributed by atoms with Gasteiger partial charge in [0.05, 0.1) is 42.5 Å².